The third kappa shape index (κ3) is 7.81. The molecule has 1 atom stereocenters. The van der Waals surface area contributed by atoms with Crippen molar-refractivity contribution in [2.75, 3.05) is 31.8 Å². The van der Waals surface area contributed by atoms with Crippen molar-refractivity contribution in [2.24, 2.45) is 0 Å². The highest BCUT2D eigenvalue weighted by Crippen LogP contribution is 2.36. The molecule has 0 bridgehead atoms. The fourth-order valence-electron chi connectivity index (χ4n) is 4.10. The van der Waals surface area contributed by atoms with Gasteiger partial charge in [-0.05, 0) is 43.5 Å². The number of hydrogen-bond acceptors (Lipinski definition) is 7. The van der Waals surface area contributed by atoms with E-state index in [-0.39, 0.29) is 19.0 Å². The summed E-state index contributed by atoms with van der Waals surface area (Å²) in [6.07, 6.45) is -1.70. The molecule has 0 radical (unpaired) electrons. The van der Waals surface area contributed by atoms with Crippen LogP contribution in [0, 0.1) is 0 Å². The zero-order valence-corrected chi connectivity index (χ0v) is 22.6. The number of ether oxygens (including phenoxy) is 3. The number of alkyl halides is 3. The van der Waals surface area contributed by atoms with E-state index < -0.39 is 37.4 Å². The number of piperidine rings is 1. The van der Waals surface area contributed by atoms with Crippen LogP contribution in [0.15, 0.2) is 35.3 Å². The maximum absolute atomic E-state index is 14.1. The lowest BCUT2D eigenvalue weighted by atomic mass is 10.0. The highest BCUT2D eigenvalue weighted by atomic mass is 28.3. The minimum absolute atomic E-state index is 0.0742. The first kappa shape index (κ1) is 28.7. The van der Waals surface area contributed by atoms with Crippen molar-refractivity contribution in [3.63, 3.8) is 0 Å². The summed E-state index contributed by atoms with van der Waals surface area (Å²) in [5.74, 6) is -0.121. The Balaban J connectivity index is 1.82. The molecule has 1 unspecified atom stereocenters. The average Bonchev–Trinajstić information content (AvgIpc) is 2.84. The zero-order chi connectivity index (χ0) is 27.2. The van der Waals surface area contributed by atoms with Crippen LogP contribution in [0.4, 0.5) is 18.9 Å². The van der Waals surface area contributed by atoms with Crippen molar-refractivity contribution in [1.29, 1.82) is 0 Å². The summed E-state index contributed by atoms with van der Waals surface area (Å²) in [4.78, 5) is 26.2. The van der Waals surface area contributed by atoms with Gasteiger partial charge in [-0.25, -0.2) is 9.48 Å². The minimum Gasteiger partial charge on any atom is -0.491 e. The van der Waals surface area contributed by atoms with Crippen LogP contribution in [0.3, 0.4) is 0 Å². The maximum atomic E-state index is 14.1. The number of carbonyl (C=O) groups excluding carboxylic acids is 1. The summed E-state index contributed by atoms with van der Waals surface area (Å²) in [6, 6.07) is 6.80. The first-order valence-electron chi connectivity index (χ1n) is 12.2. The Kier molecular flexibility index (Phi) is 9.40. The van der Waals surface area contributed by atoms with Gasteiger partial charge in [0.1, 0.15) is 24.7 Å². The number of methoxy groups -OCH3 is 1. The van der Waals surface area contributed by atoms with Gasteiger partial charge in [-0.15, -0.1) is 0 Å². The Bertz CT molecular complexity index is 1130. The van der Waals surface area contributed by atoms with Crippen LogP contribution in [0.1, 0.15) is 35.2 Å². The Morgan fingerprint density at radius 3 is 2.65 bits per heavy atom. The lowest BCUT2D eigenvalue weighted by molar-refractivity contribution is -0.139. The highest BCUT2D eigenvalue weighted by Gasteiger charge is 2.41. The molecule has 0 aliphatic carbocycles. The molecule has 204 valence electrons. The van der Waals surface area contributed by atoms with Gasteiger partial charge >= 0.3 is 12.1 Å². The number of aromatic nitrogens is 2. The smallest absolute Gasteiger partial charge is 0.423 e. The van der Waals surface area contributed by atoms with Crippen molar-refractivity contribution in [1.82, 2.24) is 9.78 Å². The van der Waals surface area contributed by atoms with E-state index in [9.17, 15) is 22.8 Å². The molecule has 2 heterocycles. The predicted octanol–water partition coefficient (Wildman–Crippen LogP) is 4.80. The van der Waals surface area contributed by atoms with Crippen LogP contribution in [0.2, 0.25) is 25.7 Å². The molecule has 1 aromatic carbocycles. The van der Waals surface area contributed by atoms with Crippen LogP contribution >= 0.6 is 0 Å². The van der Waals surface area contributed by atoms with E-state index in [1.165, 1.54) is 13.2 Å². The van der Waals surface area contributed by atoms with E-state index in [1.54, 1.807) is 23.1 Å². The monoisotopic (exact) mass is 541 g/mol. The molecule has 0 saturated carbocycles. The normalized spacial score (nSPS) is 16.5. The lowest BCUT2D eigenvalue weighted by Gasteiger charge is -2.38. The van der Waals surface area contributed by atoms with Crippen molar-refractivity contribution in [3.8, 4) is 5.75 Å². The molecule has 3 rings (SSSR count). The first-order valence-corrected chi connectivity index (χ1v) is 15.9. The van der Waals surface area contributed by atoms with Crippen molar-refractivity contribution < 1.29 is 32.2 Å². The van der Waals surface area contributed by atoms with Gasteiger partial charge < -0.3 is 19.1 Å². The number of carbonyl (C=O) groups is 1. The van der Waals surface area contributed by atoms with Gasteiger partial charge in [-0.1, -0.05) is 25.7 Å². The molecule has 1 aromatic heterocycles. The quantitative estimate of drug-likeness (QED) is 0.243. The van der Waals surface area contributed by atoms with Gasteiger partial charge in [0.25, 0.3) is 5.56 Å². The Labute approximate surface area is 215 Å². The number of halogens is 3. The minimum atomic E-state index is -4.87. The van der Waals surface area contributed by atoms with Gasteiger partial charge in [0.05, 0.1) is 30.6 Å². The molecule has 0 amide bonds. The van der Waals surface area contributed by atoms with Crippen LogP contribution in [0.25, 0.3) is 0 Å². The van der Waals surface area contributed by atoms with E-state index in [0.717, 1.165) is 23.3 Å². The van der Waals surface area contributed by atoms with Crippen molar-refractivity contribution in [2.45, 2.75) is 63.9 Å². The predicted molar refractivity (Wildman–Crippen MR) is 136 cm³/mol. The number of hydrogen-bond donors (Lipinski definition) is 0. The molecule has 1 fully saturated rings. The first-order chi connectivity index (χ1) is 17.4. The van der Waals surface area contributed by atoms with E-state index >= 15 is 0 Å². The van der Waals surface area contributed by atoms with E-state index in [0.29, 0.717) is 37.3 Å². The van der Waals surface area contributed by atoms with E-state index in [2.05, 4.69) is 24.7 Å². The third-order valence-electron chi connectivity index (χ3n) is 6.15. The SMILES string of the molecule is COC(=O)c1cccc(OCC2CCCCN2c2cnn(COCC[Si](C)(C)C)c(=O)c2C(F)(F)F)c1. The van der Waals surface area contributed by atoms with Crippen molar-refractivity contribution in [3.05, 3.63) is 51.9 Å². The molecule has 12 heteroatoms. The Hall–Kier alpha value is -2.86. The average molecular weight is 542 g/mol. The topological polar surface area (TPSA) is 82.9 Å². The molecule has 8 nitrogen and oxygen atoms in total. The van der Waals surface area contributed by atoms with Gasteiger partial charge in [0.15, 0.2) is 0 Å². The summed E-state index contributed by atoms with van der Waals surface area (Å²) >= 11 is 0. The Morgan fingerprint density at radius 1 is 1.22 bits per heavy atom. The highest BCUT2D eigenvalue weighted by molar-refractivity contribution is 6.76. The van der Waals surface area contributed by atoms with Gasteiger partial charge in [-0.2, -0.15) is 18.3 Å². The van der Waals surface area contributed by atoms with Crippen molar-refractivity contribution >= 4 is 19.7 Å². The zero-order valence-electron chi connectivity index (χ0n) is 21.6. The largest absolute Gasteiger partial charge is 0.491 e. The molecule has 0 N–H and O–H groups in total. The number of esters is 1. The second kappa shape index (κ2) is 12.1. The number of anilines is 1. The Morgan fingerprint density at radius 2 is 1.97 bits per heavy atom. The molecule has 1 aliphatic heterocycles. The summed E-state index contributed by atoms with van der Waals surface area (Å²) in [5, 5.41) is 4.01. The fourth-order valence-corrected chi connectivity index (χ4v) is 4.86. The third-order valence-corrected chi connectivity index (χ3v) is 7.86. The van der Waals surface area contributed by atoms with Gasteiger partial charge in [-0.3, -0.25) is 4.79 Å². The molecule has 0 spiro atoms. The van der Waals surface area contributed by atoms with Gasteiger partial charge in [0.2, 0.25) is 0 Å². The number of benzene rings is 1. The molecule has 1 saturated heterocycles. The van der Waals surface area contributed by atoms with E-state index in [1.807, 2.05) is 0 Å². The molecule has 2 aromatic rings. The summed E-state index contributed by atoms with van der Waals surface area (Å²) in [6.45, 7) is 6.90. The molecular formula is C25H34F3N3O5Si. The second-order valence-electron chi connectivity index (χ2n) is 10.2. The summed E-state index contributed by atoms with van der Waals surface area (Å²) in [7, 11) is -0.113. The lowest BCUT2D eigenvalue weighted by Crippen LogP contribution is -2.46. The molecular weight excluding hydrogens is 507 g/mol. The second-order valence-corrected chi connectivity index (χ2v) is 15.9. The standard InChI is InChI=1S/C25H34F3N3O5Si/c1-34-24(33)18-8-7-10-20(14-18)36-16-19-9-5-6-11-30(19)21-15-29-31(17-35-12-13-37(2,3)4)23(32)22(21)25(26,27)28/h7-8,10,14-15,19H,5-6,9,11-13,16-17H2,1-4H3. The van der Waals surface area contributed by atoms with Crippen LogP contribution < -0.4 is 15.2 Å². The van der Waals surface area contributed by atoms with E-state index in [4.69, 9.17) is 14.2 Å². The molecule has 1 aliphatic rings. The van der Waals surface area contributed by atoms with Crippen LogP contribution in [-0.4, -0.2) is 56.7 Å². The fraction of sp³-hybridized carbons (Fsp3) is 0.560. The summed E-state index contributed by atoms with van der Waals surface area (Å²) < 4.78 is 59.2. The van der Waals surface area contributed by atoms with Crippen LogP contribution in [-0.2, 0) is 22.4 Å². The summed E-state index contributed by atoms with van der Waals surface area (Å²) in [5.41, 5.74) is -2.43. The van der Waals surface area contributed by atoms with Crippen LogP contribution in [0.5, 0.6) is 5.75 Å². The number of rotatable bonds is 10. The maximum Gasteiger partial charge on any atom is 0.423 e. The number of nitrogens with zero attached hydrogens (tertiary/aromatic N) is 3. The van der Waals surface area contributed by atoms with Gasteiger partial charge in [0, 0.05) is 21.2 Å². The molecule has 37 heavy (non-hydrogen) atoms.